The molecule has 3 nitrogen and oxygen atoms in total. The summed E-state index contributed by atoms with van der Waals surface area (Å²) in [5.74, 6) is 0.599. The normalized spacial score (nSPS) is 10.4. The van der Waals surface area contributed by atoms with Crippen molar-refractivity contribution >= 4 is 23.2 Å². The Morgan fingerprint density at radius 2 is 1.94 bits per heavy atom. The van der Waals surface area contributed by atoms with E-state index >= 15 is 0 Å². The maximum Gasteiger partial charge on any atom is 0.159 e. The van der Waals surface area contributed by atoms with Gasteiger partial charge in [0.05, 0.1) is 15.7 Å². The van der Waals surface area contributed by atoms with Gasteiger partial charge in [0, 0.05) is 18.3 Å². The fourth-order valence-corrected chi connectivity index (χ4v) is 1.58. The summed E-state index contributed by atoms with van der Waals surface area (Å²) in [6.07, 6.45) is 1.67. The highest BCUT2D eigenvalue weighted by molar-refractivity contribution is 6.42. The zero-order valence-electron chi connectivity index (χ0n) is 8.32. The number of nitrogens with zero attached hydrogens (tertiary/aromatic N) is 2. The average Bonchev–Trinajstić information content (AvgIpc) is 2.33. The third kappa shape index (κ3) is 2.32. The smallest absolute Gasteiger partial charge is 0.159 e. The van der Waals surface area contributed by atoms with Gasteiger partial charge < -0.3 is 5.73 Å². The van der Waals surface area contributed by atoms with E-state index in [1.807, 2.05) is 6.07 Å². The average molecular weight is 254 g/mol. The summed E-state index contributed by atoms with van der Waals surface area (Å²) in [7, 11) is 0. The Hall–Kier alpha value is -1.16. The number of halogens is 2. The molecule has 0 aliphatic carbocycles. The molecule has 2 aromatic rings. The van der Waals surface area contributed by atoms with Crippen LogP contribution in [0.4, 0.5) is 0 Å². The van der Waals surface area contributed by atoms with Crippen LogP contribution in [0.2, 0.25) is 10.0 Å². The lowest BCUT2D eigenvalue weighted by atomic mass is 10.2. The molecule has 1 heterocycles. The first-order valence-corrected chi connectivity index (χ1v) is 5.43. The van der Waals surface area contributed by atoms with Crippen LogP contribution in [0, 0.1) is 0 Å². The van der Waals surface area contributed by atoms with Gasteiger partial charge in [-0.1, -0.05) is 23.2 Å². The molecule has 1 aromatic heterocycles. The van der Waals surface area contributed by atoms with E-state index in [-0.39, 0.29) is 0 Å². The lowest BCUT2D eigenvalue weighted by Crippen LogP contribution is -2.01. The van der Waals surface area contributed by atoms with Crippen LogP contribution in [-0.4, -0.2) is 9.97 Å². The minimum Gasteiger partial charge on any atom is -0.325 e. The summed E-state index contributed by atoms with van der Waals surface area (Å²) < 4.78 is 0. The molecule has 1 aromatic carbocycles. The molecular formula is C11H9Cl2N3. The molecule has 2 rings (SSSR count). The second-order valence-electron chi connectivity index (χ2n) is 3.20. The van der Waals surface area contributed by atoms with Gasteiger partial charge in [-0.3, -0.25) is 0 Å². The quantitative estimate of drug-likeness (QED) is 0.896. The van der Waals surface area contributed by atoms with E-state index in [4.69, 9.17) is 28.9 Å². The fourth-order valence-electron chi connectivity index (χ4n) is 1.28. The molecule has 0 aliphatic heterocycles. The minimum atomic E-state index is 0.386. The van der Waals surface area contributed by atoms with Crippen LogP contribution >= 0.6 is 23.2 Å². The monoisotopic (exact) mass is 253 g/mol. The Bertz CT molecular complexity index is 514. The first kappa shape index (κ1) is 11.3. The molecule has 82 valence electrons. The van der Waals surface area contributed by atoms with Crippen molar-refractivity contribution in [3.05, 3.63) is 46.2 Å². The molecule has 0 spiro atoms. The van der Waals surface area contributed by atoms with Gasteiger partial charge in [-0.15, -0.1) is 0 Å². The summed E-state index contributed by atoms with van der Waals surface area (Å²) >= 11 is 11.8. The van der Waals surface area contributed by atoms with E-state index in [9.17, 15) is 0 Å². The molecule has 16 heavy (non-hydrogen) atoms. The van der Waals surface area contributed by atoms with Crippen molar-refractivity contribution in [3.8, 4) is 11.4 Å². The Morgan fingerprint density at radius 1 is 1.12 bits per heavy atom. The molecule has 0 fully saturated rings. The number of hydrogen-bond acceptors (Lipinski definition) is 3. The van der Waals surface area contributed by atoms with Crippen LogP contribution in [-0.2, 0) is 6.54 Å². The molecule has 5 heteroatoms. The van der Waals surface area contributed by atoms with Gasteiger partial charge in [-0.2, -0.15) is 0 Å². The minimum absolute atomic E-state index is 0.386. The molecule has 0 saturated carbocycles. The highest BCUT2D eigenvalue weighted by Crippen LogP contribution is 2.26. The topological polar surface area (TPSA) is 51.8 Å². The molecule has 0 bridgehead atoms. The first-order chi connectivity index (χ1) is 7.70. The predicted octanol–water partition coefficient (Wildman–Crippen LogP) is 2.91. The lowest BCUT2D eigenvalue weighted by Gasteiger charge is -2.03. The number of aromatic nitrogens is 2. The van der Waals surface area contributed by atoms with Gasteiger partial charge >= 0.3 is 0 Å². The number of benzene rings is 1. The molecular weight excluding hydrogens is 245 g/mol. The largest absolute Gasteiger partial charge is 0.325 e. The summed E-state index contributed by atoms with van der Waals surface area (Å²) in [4.78, 5) is 8.45. The molecule has 0 saturated heterocycles. The highest BCUT2D eigenvalue weighted by atomic mass is 35.5. The second-order valence-corrected chi connectivity index (χ2v) is 4.02. The number of rotatable bonds is 2. The van der Waals surface area contributed by atoms with Gasteiger partial charge in [0.25, 0.3) is 0 Å². The molecule has 0 unspecified atom stereocenters. The van der Waals surface area contributed by atoms with Crippen molar-refractivity contribution in [3.63, 3.8) is 0 Å². The summed E-state index contributed by atoms with van der Waals surface area (Å²) in [5, 5.41) is 1.00. The van der Waals surface area contributed by atoms with Crippen molar-refractivity contribution in [2.24, 2.45) is 5.73 Å². The van der Waals surface area contributed by atoms with Crippen molar-refractivity contribution < 1.29 is 0 Å². The van der Waals surface area contributed by atoms with Crippen molar-refractivity contribution in [1.82, 2.24) is 9.97 Å². The van der Waals surface area contributed by atoms with Crippen LogP contribution in [0.3, 0.4) is 0 Å². The Labute approximate surface area is 103 Å². The summed E-state index contributed by atoms with van der Waals surface area (Å²) in [6.45, 7) is 0.386. The van der Waals surface area contributed by atoms with Gasteiger partial charge in [0.15, 0.2) is 5.82 Å². The molecule has 0 atom stereocenters. The van der Waals surface area contributed by atoms with Crippen LogP contribution in [0.25, 0.3) is 11.4 Å². The fraction of sp³-hybridized carbons (Fsp3) is 0.0909. The predicted molar refractivity (Wildman–Crippen MR) is 65.4 cm³/mol. The number of nitrogens with two attached hydrogens (primary N) is 1. The zero-order chi connectivity index (χ0) is 11.5. The maximum atomic E-state index is 5.93. The van der Waals surface area contributed by atoms with Crippen LogP contribution in [0.1, 0.15) is 5.69 Å². The standard InChI is InChI=1S/C11H9Cl2N3/c12-9-2-1-7(5-10(9)13)11-15-4-3-8(6-14)16-11/h1-5H,6,14H2. The van der Waals surface area contributed by atoms with E-state index < -0.39 is 0 Å². The van der Waals surface area contributed by atoms with E-state index in [1.165, 1.54) is 0 Å². The van der Waals surface area contributed by atoms with E-state index in [0.717, 1.165) is 11.3 Å². The van der Waals surface area contributed by atoms with Crippen molar-refractivity contribution in [2.75, 3.05) is 0 Å². The first-order valence-electron chi connectivity index (χ1n) is 4.68. The zero-order valence-corrected chi connectivity index (χ0v) is 9.83. The van der Waals surface area contributed by atoms with Crippen LogP contribution in [0.5, 0.6) is 0 Å². The highest BCUT2D eigenvalue weighted by Gasteiger charge is 2.05. The molecule has 0 aliphatic rings. The van der Waals surface area contributed by atoms with Gasteiger partial charge in [-0.25, -0.2) is 9.97 Å². The van der Waals surface area contributed by atoms with E-state index in [1.54, 1.807) is 24.4 Å². The third-order valence-corrected chi connectivity index (χ3v) is 2.84. The summed E-state index contributed by atoms with van der Waals surface area (Å²) in [5.41, 5.74) is 7.13. The van der Waals surface area contributed by atoms with Gasteiger partial charge in [0.2, 0.25) is 0 Å². The van der Waals surface area contributed by atoms with E-state index in [0.29, 0.717) is 22.4 Å². The SMILES string of the molecule is NCc1ccnc(-c2ccc(Cl)c(Cl)c2)n1. The summed E-state index contributed by atoms with van der Waals surface area (Å²) in [6, 6.07) is 7.06. The lowest BCUT2D eigenvalue weighted by molar-refractivity contribution is 0.969. The Kier molecular flexibility index (Phi) is 3.39. The van der Waals surface area contributed by atoms with Gasteiger partial charge in [0.1, 0.15) is 0 Å². The van der Waals surface area contributed by atoms with E-state index in [2.05, 4.69) is 9.97 Å². The van der Waals surface area contributed by atoms with Crippen molar-refractivity contribution in [2.45, 2.75) is 6.54 Å². The molecule has 2 N–H and O–H groups in total. The maximum absolute atomic E-state index is 5.93. The van der Waals surface area contributed by atoms with Crippen LogP contribution < -0.4 is 5.73 Å². The Balaban J connectivity index is 2.46. The van der Waals surface area contributed by atoms with Gasteiger partial charge in [-0.05, 0) is 24.3 Å². The Morgan fingerprint density at radius 3 is 2.62 bits per heavy atom. The molecule has 0 radical (unpaired) electrons. The molecule has 0 amide bonds. The van der Waals surface area contributed by atoms with Crippen molar-refractivity contribution in [1.29, 1.82) is 0 Å². The third-order valence-electron chi connectivity index (χ3n) is 2.10. The van der Waals surface area contributed by atoms with Crippen LogP contribution in [0.15, 0.2) is 30.5 Å². The number of hydrogen-bond donors (Lipinski definition) is 1. The second kappa shape index (κ2) is 4.78.